The summed E-state index contributed by atoms with van der Waals surface area (Å²) < 4.78 is 38.4. The lowest BCUT2D eigenvalue weighted by molar-refractivity contribution is -0.161. The summed E-state index contributed by atoms with van der Waals surface area (Å²) in [6.07, 6.45) is 48.0. The van der Waals surface area contributed by atoms with Crippen molar-refractivity contribution in [3.05, 3.63) is 85.1 Å². The van der Waals surface area contributed by atoms with Gasteiger partial charge in [0.25, 0.3) is 0 Å². The smallest absolute Gasteiger partial charge is 0.462 e. The minimum atomic E-state index is -4.41. The van der Waals surface area contributed by atoms with Gasteiger partial charge < -0.3 is 24.8 Å². The number of epoxide rings is 1. The molecule has 3 N–H and O–H groups in total. The Labute approximate surface area is 339 Å². The van der Waals surface area contributed by atoms with Gasteiger partial charge in [0.05, 0.1) is 25.4 Å². The number of allylic oxidation sites excluding steroid dienone is 13. The summed E-state index contributed by atoms with van der Waals surface area (Å²) in [5.74, 6) is -0.957. The highest BCUT2D eigenvalue weighted by atomic mass is 31.2. The molecule has 0 aromatic carbocycles. The van der Waals surface area contributed by atoms with E-state index in [0.717, 1.165) is 77.0 Å². The van der Waals surface area contributed by atoms with Crippen LogP contribution in [0.5, 0.6) is 0 Å². The quantitative estimate of drug-likeness (QED) is 0.0204. The molecule has 1 fully saturated rings. The molecule has 11 heteroatoms. The van der Waals surface area contributed by atoms with Gasteiger partial charge in [0.15, 0.2) is 6.10 Å². The van der Waals surface area contributed by atoms with E-state index in [1.807, 2.05) is 12.2 Å². The Morgan fingerprint density at radius 2 is 1.25 bits per heavy atom. The van der Waals surface area contributed by atoms with E-state index in [1.54, 1.807) is 0 Å². The summed E-state index contributed by atoms with van der Waals surface area (Å²) in [5.41, 5.74) is 5.34. The summed E-state index contributed by atoms with van der Waals surface area (Å²) in [6.45, 7) is 3.45. The standard InChI is InChI=1S/C45H74NO9P/c1-3-5-7-8-9-10-11-12-13-14-15-16-17-18-19-20-25-28-32-36-45(48)54-41(40-53-56(49,50)52-38-37-46)39-51-44(47)35-31-27-24-22-21-23-26-30-34-43-42(55-43)33-29-6-4-2/h5,7,9-10,12-13,15-16,18-19,25-26,28,30,41-43H,3-4,6,8,11,14,17,20-24,27,29,31-40,46H2,1-2H3,(H,49,50)/b7-5-,10-9-,13-12-,16-15-,19-18-,28-25-,30-26-/t41-,42?,43?/m1/s1. The van der Waals surface area contributed by atoms with Crippen LogP contribution in [-0.4, -0.2) is 61.5 Å². The molecule has 0 saturated carbocycles. The van der Waals surface area contributed by atoms with E-state index in [2.05, 4.69) is 86.8 Å². The van der Waals surface area contributed by atoms with Crippen LogP contribution in [0.25, 0.3) is 0 Å². The summed E-state index contributed by atoms with van der Waals surface area (Å²) in [6, 6.07) is 0. The third-order valence-corrected chi connectivity index (χ3v) is 9.69. The second-order valence-corrected chi connectivity index (χ2v) is 15.3. The molecule has 1 aliphatic heterocycles. The average Bonchev–Trinajstić information content (AvgIpc) is 3.94. The van der Waals surface area contributed by atoms with Crippen LogP contribution in [0.1, 0.15) is 142 Å². The number of phosphoric acid groups is 1. The molecule has 1 heterocycles. The average molecular weight is 804 g/mol. The van der Waals surface area contributed by atoms with Gasteiger partial charge in [-0.15, -0.1) is 0 Å². The van der Waals surface area contributed by atoms with Gasteiger partial charge in [-0.25, -0.2) is 4.57 Å². The Kier molecular flexibility index (Phi) is 33.3. The number of carbonyl (C=O) groups excluding carboxylic acids is 2. The minimum Gasteiger partial charge on any atom is -0.462 e. The lowest BCUT2D eigenvalue weighted by Crippen LogP contribution is -2.29. The molecule has 1 saturated heterocycles. The number of unbranched alkanes of at least 4 members (excludes halogenated alkanes) is 7. The highest BCUT2D eigenvalue weighted by Crippen LogP contribution is 2.43. The van der Waals surface area contributed by atoms with E-state index in [9.17, 15) is 19.0 Å². The first-order chi connectivity index (χ1) is 27.3. The molecular formula is C45H74NO9P. The van der Waals surface area contributed by atoms with Crippen molar-refractivity contribution in [2.45, 2.75) is 161 Å². The van der Waals surface area contributed by atoms with Crippen molar-refractivity contribution in [3.63, 3.8) is 0 Å². The van der Waals surface area contributed by atoms with Crippen molar-refractivity contribution in [1.29, 1.82) is 0 Å². The zero-order valence-electron chi connectivity index (χ0n) is 34.5. The molecule has 0 spiro atoms. The fraction of sp³-hybridized carbons (Fsp3) is 0.644. The Bertz CT molecular complexity index is 1260. The molecule has 10 nitrogen and oxygen atoms in total. The number of hydrogen-bond donors (Lipinski definition) is 2. The van der Waals surface area contributed by atoms with Crippen LogP contribution in [0.3, 0.4) is 0 Å². The predicted octanol–water partition coefficient (Wildman–Crippen LogP) is 11.0. The van der Waals surface area contributed by atoms with E-state index in [-0.39, 0.29) is 32.6 Å². The number of phosphoric ester groups is 1. The summed E-state index contributed by atoms with van der Waals surface area (Å²) in [7, 11) is -4.41. The van der Waals surface area contributed by atoms with Crippen LogP contribution in [-0.2, 0) is 37.4 Å². The van der Waals surface area contributed by atoms with Gasteiger partial charge in [-0.05, 0) is 77.0 Å². The highest BCUT2D eigenvalue weighted by molar-refractivity contribution is 7.47. The van der Waals surface area contributed by atoms with Gasteiger partial charge in [0, 0.05) is 19.4 Å². The van der Waals surface area contributed by atoms with Crippen LogP contribution in [0.4, 0.5) is 0 Å². The van der Waals surface area contributed by atoms with E-state index >= 15 is 0 Å². The Balaban J connectivity index is 2.26. The number of nitrogens with two attached hydrogens (primary N) is 1. The lowest BCUT2D eigenvalue weighted by Gasteiger charge is -2.19. The zero-order chi connectivity index (χ0) is 40.8. The molecule has 318 valence electrons. The fourth-order valence-corrected chi connectivity index (χ4v) is 6.25. The van der Waals surface area contributed by atoms with Gasteiger partial charge in [-0.1, -0.05) is 137 Å². The van der Waals surface area contributed by atoms with Crippen LogP contribution >= 0.6 is 7.82 Å². The summed E-state index contributed by atoms with van der Waals surface area (Å²) >= 11 is 0. The molecule has 4 atom stereocenters. The van der Waals surface area contributed by atoms with Gasteiger partial charge in [-0.2, -0.15) is 0 Å². The number of ether oxygens (including phenoxy) is 3. The molecule has 1 rings (SSSR count). The maximum Gasteiger partial charge on any atom is 0.472 e. The largest absolute Gasteiger partial charge is 0.472 e. The van der Waals surface area contributed by atoms with Crippen LogP contribution in [0.2, 0.25) is 0 Å². The van der Waals surface area contributed by atoms with E-state index < -0.39 is 32.5 Å². The first kappa shape index (κ1) is 51.2. The fourth-order valence-electron chi connectivity index (χ4n) is 5.49. The monoisotopic (exact) mass is 804 g/mol. The maximum atomic E-state index is 12.5. The topological polar surface area (TPSA) is 147 Å². The van der Waals surface area contributed by atoms with Crippen molar-refractivity contribution < 1.29 is 42.3 Å². The van der Waals surface area contributed by atoms with Gasteiger partial charge >= 0.3 is 19.8 Å². The van der Waals surface area contributed by atoms with Crippen molar-refractivity contribution in [2.75, 3.05) is 26.4 Å². The van der Waals surface area contributed by atoms with E-state index in [4.69, 9.17) is 29.0 Å². The second kappa shape index (κ2) is 36.5. The number of rotatable bonds is 37. The number of carbonyl (C=O) groups is 2. The molecule has 0 aliphatic carbocycles. The van der Waals surface area contributed by atoms with E-state index in [0.29, 0.717) is 25.0 Å². The van der Waals surface area contributed by atoms with Gasteiger partial charge in [0.1, 0.15) is 6.61 Å². The molecule has 0 bridgehead atoms. The summed E-state index contributed by atoms with van der Waals surface area (Å²) in [5, 5.41) is 0. The molecular weight excluding hydrogens is 729 g/mol. The van der Waals surface area contributed by atoms with Crippen molar-refractivity contribution in [2.24, 2.45) is 5.73 Å². The molecule has 0 aromatic heterocycles. The van der Waals surface area contributed by atoms with Gasteiger partial charge in [0.2, 0.25) is 0 Å². The second-order valence-electron chi connectivity index (χ2n) is 13.9. The van der Waals surface area contributed by atoms with Crippen LogP contribution in [0.15, 0.2) is 85.1 Å². The molecule has 56 heavy (non-hydrogen) atoms. The third-order valence-electron chi connectivity index (χ3n) is 8.70. The molecule has 0 amide bonds. The van der Waals surface area contributed by atoms with Crippen LogP contribution < -0.4 is 5.73 Å². The first-order valence-electron chi connectivity index (χ1n) is 21.2. The lowest BCUT2D eigenvalue weighted by atomic mass is 10.1. The molecule has 0 radical (unpaired) electrons. The first-order valence-corrected chi connectivity index (χ1v) is 22.7. The Morgan fingerprint density at radius 3 is 1.88 bits per heavy atom. The van der Waals surface area contributed by atoms with Crippen molar-refractivity contribution in [1.82, 2.24) is 0 Å². The normalized spacial score (nSPS) is 17.8. The molecule has 3 unspecified atom stereocenters. The highest BCUT2D eigenvalue weighted by Gasteiger charge is 2.36. The number of hydrogen-bond acceptors (Lipinski definition) is 9. The summed E-state index contributed by atoms with van der Waals surface area (Å²) in [4.78, 5) is 34.8. The molecule has 1 aliphatic rings. The van der Waals surface area contributed by atoms with Gasteiger partial charge in [-0.3, -0.25) is 18.6 Å². The Morgan fingerprint density at radius 1 is 0.661 bits per heavy atom. The zero-order valence-corrected chi connectivity index (χ0v) is 35.4. The minimum absolute atomic E-state index is 0.0332. The third kappa shape index (κ3) is 33.3. The maximum absolute atomic E-state index is 12.5. The number of esters is 2. The molecule has 0 aromatic rings. The van der Waals surface area contributed by atoms with Crippen LogP contribution in [0, 0.1) is 0 Å². The van der Waals surface area contributed by atoms with Crippen molar-refractivity contribution in [3.8, 4) is 0 Å². The van der Waals surface area contributed by atoms with Crippen molar-refractivity contribution >= 4 is 19.8 Å². The predicted molar refractivity (Wildman–Crippen MR) is 228 cm³/mol. The Hall–Kier alpha value is -2.85. The SMILES string of the molecule is CC/C=C\C/C=C\C/C=C\C/C=C\C/C=C\C/C=C\CCC(=O)O[C@H](COC(=O)CCCCCCC/C=C\CC1OC1CCCCC)COP(=O)(O)OCCN. The van der Waals surface area contributed by atoms with E-state index in [1.165, 1.54) is 25.7 Å².